The number of aryl methyl sites for hydroxylation is 1. The molecule has 0 aliphatic rings. The Labute approximate surface area is 84.6 Å². The molecular formula is C12H17FO. The monoisotopic (exact) mass is 196 g/mol. The smallest absolute Gasteiger partial charge is 0.123 e. The first-order valence-electron chi connectivity index (χ1n) is 5.03. The van der Waals surface area contributed by atoms with Crippen LogP contribution in [0, 0.1) is 5.82 Å². The van der Waals surface area contributed by atoms with Crippen LogP contribution in [-0.2, 0) is 6.42 Å². The first kappa shape index (κ1) is 11.2. The fourth-order valence-electron chi connectivity index (χ4n) is 1.44. The van der Waals surface area contributed by atoms with E-state index in [1.165, 1.54) is 0 Å². The van der Waals surface area contributed by atoms with Crippen LogP contribution in [0.3, 0.4) is 0 Å². The van der Waals surface area contributed by atoms with Crippen molar-refractivity contribution in [3.05, 3.63) is 35.1 Å². The molecule has 1 N–H and O–H groups in total. The van der Waals surface area contributed by atoms with E-state index < -0.39 is 0 Å². The number of aliphatic hydroxyl groups is 1. The van der Waals surface area contributed by atoms with Crippen molar-refractivity contribution in [1.29, 1.82) is 0 Å². The first-order valence-corrected chi connectivity index (χ1v) is 5.03. The van der Waals surface area contributed by atoms with E-state index in [0.717, 1.165) is 17.5 Å². The van der Waals surface area contributed by atoms with E-state index in [2.05, 4.69) is 0 Å². The van der Waals surface area contributed by atoms with Gasteiger partial charge in [-0.3, -0.25) is 0 Å². The molecule has 0 fully saturated rings. The normalized spacial score (nSPS) is 10.9. The second-order valence-corrected chi connectivity index (χ2v) is 3.87. The van der Waals surface area contributed by atoms with Crippen LogP contribution in [0.5, 0.6) is 0 Å². The summed E-state index contributed by atoms with van der Waals surface area (Å²) in [6, 6.07) is 5.14. The highest BCUT2D eigenvalue weighted by Crippen LogP contribution is 2.18. The van der Waals surface area contributed by atoms with E-state index in [4.69, 9.17) is 5.11 Å². The Balaban J connectivity index is 2.84. The lowest BCUT2D eigenvalue weighted by atomic mass is 9.99. The third-order valence-electron chi connectivity index (χ3n) is 2.27. The third-order valence-corrected chi connectivity index (χ3v) is 2.27. The number of rotatable bonds is 4. The summed E-state index contributed by atoms with van der Waals surface area (Å²) in [6.45, 7) is 4.25. The highest BCUT2D eigenvalue weighted by Gasteiger charge is 2.03. The van der Waals surface area contributed by atoms with Gasteiger partial charge in [-0.25, -0.2) is 4.39 Å². The zero-order chi connectivity index (χ0) is 10.6. The van der Waals surface area contributed by atoms with Crippen LogP contribution < -0.4 is 0 Å². The Kier molecular flexibility index (Phi) is 4.08. The van der Waals surface area contributed by atoms with E-state index in [9.17, 15) is 4.39 Å². The van der Waals surface area contributed by atoms with E-state index in [1.807, 2.05) is 19.9 Å². The summed E-state index contributed by atoms with van der Waals surface area (Å²) in [5.74, 6) is 0.169. The van der Waals surface area contributed by atoms with Crippen molar-refractivity contribution in [2.75, 3.05) is 6.61 Å². The van der Waals surface area contributed by atoms with Gasteiger partial charge in [0.15, 0.2) is 0 Å². The van der Waals surface area contributed by atoms with Gasteiger partial charge >= 0.3 is 0 Å². The van der Waals surface area contributed by atoms with Crippen molar-refractivity contribution in [3.8, 4) is 0 Å². The van der Waals surface area contributed by atoms with Crippen LogP contribution in [0.15, 0.2) is 18.2 Å². The minimum absolute atomic E-state index is 0.160. The molecule has 2 heteroatoms. The van der Waals surface area contributed by atoms with Crippen LogP contribution in [-0.4, -0.2) is 11.7 Å². The Morgan fingerprint density at radius 3 is 2.57 bits per heavy atom. The van der Waals surface area contributed by atoms with Crippen molar-refractivity contribution in [1.82, 2.24) is 0 Å². The molecule has 0 radical (unpaired) electrons. The lowest BCUT2D eigenvalue weighted by molar-refractivity contribution is 0.288. The van der Waals surface area contributed by atoms with Crippen LogP contribution in [0.2, 0.25) is 0 Å². The van der Waals surface area contributed by atoms with Crippen LogP contribution in [0.25, 0.3) is 0 Å². The highest BCUT2D eigenvalue weighted by atomic mass is 19.1. The Morgan fingerprint density at radius 2 is 2.00 bits per heavy atom. The summed E-state index contributed by atoms with van der Waals surface area (Å²) in [7, 11) is 0. The summed E-state index contributed by atoms with van der Waals surface area (Å²) >= 11 is 0. The van der Waals surface area contributed by atoms with Crippen molar-refractivity contribution in [3.63, 3.8) is 0 Å². The minimum Gasteiger partial charge on any atom is -0.396 e. The van der Waals surface area contributed by atoms with Gasteiger partial charge in [0.2, 0.25) is 0 Å². The predicted molar refractivity (Wildman–Crippen MR) is 55.9 cm³/mol. The average molecular weight is 196 g/mol. The van der Waals surface area contributed by atoms with Gasteiger partial charge in [0.1, 0.15) is 5.82 Å². The molecule has 1 rings (SSSR count). The van der Waals surface area contributed by atoms with Gasteiger partial charge in [-0.2, -0.15) is 0 Å². The number of hydrogen-bond acceptors (Lipinski definition) is 1. The largest absolute Gasteiger partial charge is 0.396 e. The molecule has 1 nitrogen and oxygen atoms in total. The van der Waals surface area contributed by atoms with E-state index in [1.54, 1.807) is 12.1 Å². The average Bonchev–Trinajstić information content (AvgIpc) is 2.14. The first-order chi connectivity index (χ1) is 6.63. The van der Waals surface area contributed by atoms with Gasteiger partial charge in [-0.1, -0.05) is 19.9 Å². The quantitative estimate of drug-likeness (QED) is 0.785. The van der Waals surface area contributed by atoms with Crippen LogP contribution in [0.4, 0.5) is 4.39 Å². The maximum absolute atomic E-state index is 13.2. The summed E-state index contributed by atoms with van der Waals surface area (Å²) in [6.07, 6.45) is 1.44. The van der Waals surface area contributed by atoms with Crippen molar-refractivity contribution >= 4 is 0 Å². The highest BCUT2D eigenvalue weighted by molar-refractivity contribution is 5.26. The van der Waals surface area contributed by atoms with E-state index >= 15 is 0 Å². The lowest BCUT2D eigenvalue weighted by Crippen LogP contribution is -1.95. The molecule has 0 spiro atoms. The molecule has 0 bridgehead atoms. The lowest BCUT2D eigenvalue weighted by Gasteiger charge is -2.08. The minimum atomic E-state index is -0.177. The molecule has 1 aromatic carbocycles. The van der Waals surface area contributed by atoms with Crippen molar-refractivity contribution in [2.24, 2.45) is 0 Å². The molecule has 0 atom stereocenters. The second kappa shape index (κ2) is 5.11. The maximum Gasteiger partial charge on any atom is 0.123 e. The molecule has 0 saturated carbocycles. The number of aliphatic hydroxyl groups excluding tert-OH is 1. The fraction of sp³-hybridized carbons (Fsp3) is 0.500. The van der Waals surface area contributed by atoms with Crippen LogP contribution in [0.1, 0.15) is 37.3 Å². The van der Waals surface area contributed by atoms with Crippen molar-refractivity contribution < 1.29 is 9.50 Å². The zero-order valence-corrected chi connectivity index (χ0v) is 8.76. The molecule has 0 heterocycles. The summed E-state index contributed by atoms with van der Waals surface area (Å²) in [5, 5.41) is 8.68. The van der Waals surface area contributed by atoms with Gasteiger partial charge in [0, 0.05) is 6.61 Å². The molecule has 78 valence electrons. The number of benzene rings is 1. The van der Waals surface area contributed by atoms with Crippen LogP contribution >= 0.6 is 0 Å². The third kappa shape index (κ3) is 3.11. The molecule has 1 aromatic rings. The predicted octanol–water partition coefficient (Wildman–Crippen LogP) is 2.87. The van der Waals surface area contributed by atoms with Crippen molar-refractivity contribution in [2.45, 2.75) is 32.6 Å². The molecule has 0 aliphatic heterocycles. The fourth-order valence-corrected chi connectivity index (χ4v) is 1.44. The summed E-state index contributed by atoms with van der Waals surface area (Å²) in [4.78, 5) is 0. The van der Waals surface area contributed by atoms with Gasteiger partial charge in [0.05, 0.1) is 0 Å². The van der Waals surface area contributed by atoms with Gasteiger partial charge < -0.3 is 5.11 Å². The summed E-state index contributed by atoms with van der Waals surface area (Å²) < 4.78 is 13.2. The van der Waals surface area contributed by atoms with Gasteiger partial charge in [0.25, 0.3) is 0 Å². The molecule has 14 heavy (non-hydrogen) atoms. The molecule has 0 amide bonds. The second-order valence-electron chi connectivity index (χ2n) is 3.87. The Hall–Kier alpha value is -0.890. The van der Waals surface area contributed by atoms with Gasteiger partial charge in [-0.15, -0.1) is 0 Å². The SMILES string of the molecule is CC(C)c1cc(F)cc(CCCO)c1. The Bertz CT molecular complexity index is 294. The van der Waals surface area contributed by atoms with E-state index in [-0.39, 0.29) is 12.4 Å². The van der Waals surface area contributed by atoms with Gasteiger partial charge in [-0.05, 0) is 42.0 Å². The zero-order valence-electron chi connectivity index (χ0n) is 8.76. The summed E-state index contributed by atoms with van der Waals surface area (Å²) in [5.41, 5.74) is 2.00. The molecular weight excluding hydrogens is 179 g/mol. The van der Waals surface area contributed by atoms with E-state index in [0.29, 0.717) is 12.3 Å². The number of halogens is 1. The topological polar surface area (TPSA) is 20.2 Å². The maximum atomic E-state index is 13.2. The standard InChI is InChI=1S/C12H17FO/c1-9(2)11-6-10(4-3-5-14)7-12(13)8-11/h6-9,14H,3-5H2,1-2H3. The molecule has 0 aliphatic carbocycles. The molecule has 0 aromatic heterocycles. The molecule has 0 saturated heterocycles. The Morgan fingerprint density at radius 1 is 1.29 bits per heavy atom. The molecule has 0 unspecified atom stereocenters. The number of hydrogen-bond donors (Lipinski definition) is 1.